The molecular formula is C15H20BrNO2. The van der Waals surface area contributed by atoms with Crippen molar-refractivity contribution in [3.8, 4) is 5.75 Å². The molecule has 19 heavy (non-hydrogen) atoms. The molecule has 2 atom stereocenters. The van der Waals surface area contributed by atoms with Crippen LogP contribution in [-0.4, -0.2) is 21.9 Å². The number of nitrogens with one attached hydrogen (secondary N) is 1. The molecule has 0 bridgehead atoms. The van der Waals surface area contributed by atoms with Gasteiger partial charge < -0.3 is 10.4 Å². The highest BCUT2D eigenvalue weighted by Crippen LogP contribution is 2.25. The molecular weight excluding hydrogens is 306 g/mol. The van der Waals surface area contributed by atoms with E-state index in [-0.39, 0.29) is 17.7 Å². The molecule has 1 amide bonds. The number of aromatic hydroxyl groups is 1. The van der Waals surface area contributed by atoms with E-state index in [4.69, 9.17) is 0 Å². The van der Waals surface area contributed by atoms with Crippen molar-refractivity contribution in [2.45, 2.75) is 49.9 Å². The first-order chi connectivity index (χ1) is 9.08. The summed E-state index contributed by atoms with van der Waals surface area (Å²) >= 11 is 3.66. The van der Waals surface area contributed by atoms with Gasteiger partial charge in [-0.05, 0) is 31.9 Å². The van der Waals surface area contributed by atoms with Crippen LogP contribution in [0.5, 0.6) is 5.75 Å². The second-order valence-electron chi connectivity index (χ2n) is 5.25. The van der Waals surface area contributed by atoms with Crippen molar-refractivity contribution in [1.82, 2.24) is 5.32 Å². The minimum Gasteiger partial charge on any atom is -0.507 e. The lowest BCUT2D eigenvalue weighted by atomic mass is 10.1. The van der Waals surface area contributed by atoms with Crippen LogP contribution in [0.25, 0.3) is 0 Å². The first kappa shape index (κ1) is 14.4. The molecule has 1 aliphatic carbocycles. The van der Waals surface area contributed by atoms with Gasteiger partial charge in [0.25, 0.3) is 5.91 Å². The smallest absolute Gasteiger partial charge is 0.255 e. The maximum Gasteiger partial charge on any atom is 0.255 e. The molecule has 2 unspecified atom stereocenters. The molecule has 0 radical (unpaired) electrons. The van der Waals surface area contributed by atoms with E-state index in [9.17, 15) is 9.90 Å². The van der Waals surface area contributed by atoms with Gasteiger partial charge in [0.05, 0.1) is 5.56 Å². The average molecular weight is 326 g/mol. The Morgan fingerprint density at radius 2 is 2.05 bits per heavy atom. The number of aryl methyl sites for hydroxylation is 1. The molecule has 0 saturated heterocycles. The van der Waals surface area contributed by atoms with Crippen molar-refractivity contribution in [2.75, 3.05) is 0 Å². The molecule has 1 aromatic rings. The quantitative estimate of drug-likeness (QED) is 0.645. The summed E-state index contributed by atoms with van der Waals surface area (Å²) in [5.41, 5.74) is 1.34. The fourth-order valence-corrected chi connectivity index (χ4v) is 3.22. The van der Waals surface area contributed by atoms with Gasteiger partial charge in [-0.25, -0.2) is 0 Å². The predicted octanol–water partition coefficient (Wildman–Crippen LogP) is 3.53. The number of rotatable bonds is 2. The van der Waals surface area contributed by atoms with Gasteiger partial charge in [0.1, 0.15) is 5.75 Å². The van der Waals surface area contributed by atoms with Crippen molar-refractivity contribution < 1.29 is 9.90 Å². The maximum atomic E-state index is 12.3. The highest BCUT2D eigenvalue weighted by Gasteiger charge is 2.24. The molecule has 4 heteroatoms. The summed E-state index contributed by atoms with van der Waals surface area (Å²) in [5.74, 6) is -0.139. The van der Waals surface area contributed by atoms with Crippen molar-refractivity contribution in [2.24, 2.45) is 0 Å². The van der Waals surface area contributed by atoms with Crippen LogP contribution < -0.4 is 5.32 Å². The summed E-state index contributed by atoms with van der Waals surface area (Å²) in [7, 11) is 0. The van der Waals surface area contributed by atoms with Crippen LogP contribution in [-0.2, 0) is 0 Å². The number of phenols is 1. The molecule has 0 heterocycles. The zero-order valence-electron chi connectivity index (χ0n) is 11.2. The highest BCUT2D eigenvalue weighted by molar-refractivity contribution is 9.09. The second-order valence-corrected chi connectivity index (χ2v) is 6.43. The summed E-state index contributed by atoms with van der Waals surface area (Å²) in [4.78, 5) is 12.6. The van der Waals surface area contributed by atoms with E-state index < -0.39 is 0 Å². The molecule has 1 aliphatic rings. The van der Waals surface area contributed by atoms with Crippen LogP contribution in [0.3, 0.4) is 0 Å². The van der Waals surface area contributed by atoms with E-state index in [1.54, 1.807) is 18.2 Å². The van der Waals surface area contributed by atoms with Gasteiger partial charge in [-0.3, -0.25) is 4.79 Å². The Morgan fingerprint density at radius 1 is 1.32 bits per heavy atom. The third kappa shape index (κ3) is 3.72. The Bertz CT molecular complexity index is 461. The molecule has 0 aliphatic heterocycles. The summed E-state index contributed by atoms with van der Waals surface area (Å²) in [6, 6.07) is 5.24. The highest BCUT2D eigenvalue weighted by atomic mass is 79.9. The molecule has 3 nitrogen and oxygen atoms in total. The van der Waals surface area contributed by atoms with Gasteiger partial charge in [0.15, 0.2) is 0 Å². The lowest BCUT2D eigenvalue weighted by Crippen LogP contribution is -2.40. The number of alkyl halides is 1. The number of hydrogen-bond donors (Lipinski definition) is 2. The SMILES string of the molecule is Cc1ccc(O)c(C(=O)NC2CCCCCC2Br)c1. The first-order valence-electron chi connectivity index (χ1n) is 6.82. The second kappa shape index (κ2) is 6.42. The fourth-order valence-electron chi connectivity index (χ4n) is 2.50. The lowest BCUT2D eigenvalue weighted by molar-refractivity contribution is 0.0932. The standard InChI is InChI=1S/C15H20BrNO2/c1-10-7-8-14(18)11(9-10)15(19)17-13-6-4-2-3-5-12(13)16/h7-9,12-13,18H,2-6H2,1H3,(H,17,19). The maximum absolute atomic E-state index is 12.3. The summed E-state index contributed by atoms with van der Waals surface area (Å²) in [6.45, 7) is 1.91. The van der Waals surface area contributed by atoms with Crippen molar-refractivity contribution in [1.29, 1.82) is 0 Å². The van der Waals surface area contributed by atoms with Crippen LogP contribution in [0.15, 0.2) is 18.2 Å². The van der Waals surface area contributed by atoms with E-state index in [0.717, 1.165) is 24.8 Å². The lowest BCUT2D eigenvalue weighted by Gasteiger charge is -2.21. The molecule has 2 N–H and O–H groups in total. The van der Waals surface area contributed by atoms with Gasteiger partial charge in [-0.1, -0.05) is 46.8 Å². The van der Waals surface area contributed by atoms with E-state index in [1.807, 2.05) is 6.92 Å². The summed E-state index contributed by atoms with van der Waals surface area (Å²) in [6.07, 6.45) is 5.66. The number of benzene rings is 1. The molecule has 104 valence electrons. The Hall–Kier alpha value is -1.03. The zero-order valence-corrected chi connectivity index (χ0v) is 12.7. The minimum atomic E-state index is -0.183. The molecule has 0 spiro atoms. The van der Waals surface area contributed by atoms with Gasteiger partial charge in [-0.2, -0.15) is 0 Å². The van der Waals surface area contributed by atoms with Crippen LogP contribution in [0.4, 0.5) is 0 Å². The number of phenolic OH excluding ortho intramolecular Hbond substituents is 1. The Labute approximate surface area is 122 Å². The van der Waals surface area contributed by atoms with Crippen molar-refractivity contribution >= 4 is 21.8 Å². The van der Waals surface area contributed by atoms with Crippen LogP contribution >= 0.6 is 15.9 Å². The molecule has 0 aromatic heterocycles. The number of halogens is 1. The van der Waals surface area contributed by atoms with Gasteiger partial charge in [0, 0.05) is 10.9 Å². The number of carbonyl (C=O) groups is 1. The predicted molar refractivity (Wildman–Crippen MR) is 79.9 cm³/mol. The number of carbonyl (C=O) groups excluding carboxylic acids is 1. The Balaban J connectivity index is 2.09. The largest absolute Gasteiger partial charge is 0.507 e. The van der Waals surface area contributed by atoms with E-state index in [0.29, 0.717) is 10.4 Å². The van der Waals surface area contributed by atoms with Crippen LogP contribution in [0, 0.1) is 6.92 Å². The normalized spacial score (nSPS) is 23.7. The van der Waals surface area contributed by atoms with E-state index in [2.05, 4.69) is 21.2 Å². The third-order valence-corrected chi connectivity index (χ3v) is 4.74. The van der Waals surface area contributed by atoms with E-state index in [1.165, 1.54) is 12.8 Å². The molecule has 1 aromatic carbocycles. The van der Waals surface area contributed by atoms with Crippen molar-refractivity contribution in [3.05, 3.63) is 29.3 Å². The third-order valence-electron chi connectivity index (χ3n) is 3.64. The van der Waals surface area contributed by atoms with Crippen LogP contribution in [0.2, 0.25) is 0 Å². The number of hydrogen-bond acceptors (Lipinski definition) is 2. The summed E-state index contributed by atoms with van der Waals surface area (Å²) in [5, 5.41) is 12.8. The number of amides is 1. The minimum absolute atomic E-state index is 0.0443. The van der Waals surface area contributed by atoms with E-state index >= 15 is 0 Å². The first-order valence-corrected chi connectivity index (χ1v) is 7.74. The van der Waals surface area contributed by atoms with Gasteiger partial charge in [0.2, 0.25) is 0 Å². The van der Waals surface area contributed by atoms with Crippen LogP contribution in [0.1, 0.15) is 48.0 Å². The topological polar surface area (TPSA) is 49.3 Å². The Morgan fingerprint density at radius 3 is 2.84 bits per heavy atom. The fraction of sp³-hybridized carbons (Fsp3) is 0.533. The van der Waals surface area contributed by atoms with Crippen molar-refractivity contribution in [3.63, 3.8) is 0 Å². The monoisotopic (exact) mass is 325 g/mol. The molecule has 1 fully saturated rings. The average Bonchev–Trinajstić information content (AvgIpc) is 2.58. The van der Waals surface area contributed by atoms with Gasteiger partial charge in [-0.15, -0.1) is 0 Å². The Kier molecular flexibility index (Phi) is 4.86. The summed E-state index contributed by atoms with van der Waals surface area (Å²) < 4.78 is 0. The zero-order chi connectivity index (χ0) is 13.8. The molecule has 2 rings (SSSR count). The van der Waals surface area contributed by atoms with Gasteiger partial charge >= 0.3 is 0 Å². The molecule has 1 saturated carbocycles.